The lowest BCUT2D eigenvalue weighted by atomic mass is 10.1. The van der Waals surface area contributed by atoms with Gasteiger partial charge in [0.1, 0.15) is 5.75 Å². The van der Waals surface area contributed by atoms with Crippen LogP contribution in [0.1, 0.15) is 19.3 Å². The van der Waals surface area contributed by atoms with Gasteiger partial charge < -0.3 is 25.4 Å². The average molecular weight is 332 g/mol. The Labute approximate surface area is 144 Å². The molecule has 1 aromatic rings. The molecule has 0 aromatic heterocycles. The zero-order chi connectivity index (χ0) is 16.8. The number of anilines is 1. The van der Waals surface area contributed by atoms with Crippen molar-refractivity contribution in [1.82, 2.24) is 5.32 Å². The number of nitrogens with zero attached hydrogens (tertiary/aromatic N) is 2. The molecule has 0 amide bonds. The summed E-state index contributed by atoms with van der Waals surface area (Å²) in [7, 11) is 1.70. The Morgan fingerprint density at radius 1 is 1.46 bits per heavy atom. The van der Waals surface area contributed by atoms with Crippen molar-refractivity contribution in [3.8, 4) is 5.75 Å². The van der Waals surface area contributed by atoms with Gasteiger partial charge in [-0.3, -0.25) is 4.99 Å². The van der Waals surface area contributed by atoms with Crippen molar-refractivity contribution in [3.63, 3.8) is 0 Å². The van der Waals surface area contributed by atoms with Crippen LogP contribution in [0.15, 0.2) is 29.3 Å². The van der Waals surface area contributed by atoms with Crippen LogP contribution in [0.5, 0.6) is 5.75 Å². The lowest BCUT2D eigenvalue weighted by molar-refractivity contribution is 0.114. The molecule has 0 aliphatic carbocycles. The number of aliphatic imine (C=N–C) groups is 1. The largest absolute Gasteiger partial charge is 0.497 e. The standard InChI is InChI=1S/C18H28N4O2/c1-23-16-5-2-4-15(10-16)22-8-7-14(13-22)11-20-18(19)21-12-17-6-3-9-24-17/h2,4-5,10,14,17H,3,6-9,11-13H2,1H3,(H3,19,20,21). The number of nitrogens with two attached hydrogens (primary N) is 1. The van der Waals surface area contributed by atoms with Crippen LogP contribution < -0.4 is 20.7 Å². The van der Waals surface area contributed by atoms with Gasteiger partial charge in [-0.25, -0.2) is 0 Å². The third-order valence-corrected chi connectivity index (χ3v) is 4.76. The van der Waals surface area contributed by atoms with Crippen molar-refractivity contribution in [2.24, 2.45) is 16.6 Å². The quantitative estimate of drug-likeness (QED) is 0.612. The summed E-state index contributed by atoms with van der Waals surface area (Å²) < 4.78 is 10.9. The molecule has 2 fully saturated rings. The van der Waals surface area contributed by atoms with Gasteiger partial charge in [-0.1, -0.05) is 6.07 Å². The Morgan fingerprint density at radius 3 is 3.17 bits per heavy atom. The van der Waals surface area contributed by atoms with E-state index in [0.29, 0.717) is 11.9 Å². The minimum Gasteiger partial charge on any atom is -0.497 e. The summed E-state index contributed by atoms with van der Waals surface area (Å²) in [6.45, 7) is 4.46. The third-order valence-electron chi connectivity index (χ3n) is 4.76. The number of ether oxygens (including phenoxy) is 2. The summed E-state index contributed by atoms with van der Waals surface area (Å²) in [6.07, 6.45) is 3.68. The molecule has 132 valence electrons. The Kier molecular flexibility index (Phi) is 5.80. The van der Waals surface area contributed by atoms with Gasteiger partial charge in [0.2, 0.25) is 0 Å². The van der Waals surface area contributed by atoms with Gasteiger partial charge in [0.05, 0.1) is 13.2 Å². The first-order chi connectivity index (χ1) is 11.7. The number of nitrogens with one attached hydrogen (secondary N) is 1. The van der Waals surface area contributed by atoms with Crippen LogP contribution in [0, 0.1) is 5.92 Å². The van der Waals surface area contributed by atoms with E-state index in [1.54, 1.807) is 7.11 Å². The smallest absolute Gasteiger partial charge is 0.188 e. The van der Waals surface area contributed by atoms with E-state index in [-0.39, 0.29) is 6.10 Å². The number of methoxy groups -OCH3 is 1. The maximum absolute atomic E-state index is 5.97. The molecule has 24 heavy (non-hydrogen) atoms. The van der Waals surface area contributed by atoms with Crippen LogP contribution in [-0.4, -0.2) is 52.0 Å². The zero-order valence-electron chi connectivity index (χ0n) is 14.4. The molecule has 2 atom stereocenters. The van der Waals surface area contributed by atoms with Gasteiger partial charge in [-0.15, -0.1) is 0 Å². The molecule has 6 nitrogen and oxygen atoms in total. The summed E-state index contributed by atoms with van der Waals surface area (Å²) in [6, 6.07) is 8.23. The van der Waals surface area contributed by atoms with E-state index in [0.717, 1.165) is 57.8 Å². The molecular weight excluding hydrogens is 304 g/mol. The summed E-state index contributed by atoms with van der Waals surface area (Å²) in [5, 5.41) is 3.18. The van der Waals surface area contributed by atoms with E-state index in [9.17, 15) is 0 Å². The Hall–Kier alpha value is -1.95. The minimum atomic E-state index is 0.286. The number of hydrogen-bond donors (Lipinski definition) is 2. The predicted octanol–water partition coefficient (Wildman–Crippen LogP) is 1.60. The van der Waals surface area contributed by atoms with Gasteiger partial charge in [-0.2, -0.15) is 0 Å². The van der Waals surface area contributed by atoms with Crippen molar-refractivity contribution >= 4 is 11.6 Å². The maximum Gasteiger partial charge on any atom is 0.188 e. The summed E-state index contributed by atoms with van der Waals surface area (Å²) >= 11 is 0. The molecule has 2 heterocycles. The summed E-state index contributed by atoms with van der Waals surface area (Å²) in [4.78, 5) is 6.89. The highest BCUT2D eigenvalue weighted by molar-refractivity contribution is 5.77. The van der Waals surface area contributed by atoms with Crippen LogP contribution in [0.2, 0.25) is 0 Å². The fraction of sp³-hybridized carbons (Fsp3) is 0.611. The maximum atomic E-state index is 5.97. The molecular formula is C18H28N4O2. The summed E-state index contributed by atoms with van der Waals surface area (Å²) in [5.74, 6) is 1.97. The molecule has 2 aliphatic heterocycles. The first-order valence-electron chi connectivity index (χ1n) is 8.79. The highest BCUT2D eigenvalue weighted by Gasteiger charge is 2.23. The van der Waals surface area contributed by atoms with E-state index in [4.69, 9.17) is 15.2 Å². The Balaban J connectivity index is 1.44. The second-order valence-electron chi connectivity index (χ2n) is 6.54. The van der Waals surface area contributed by atoms with Gasteiger partial charge in [0.25, 0.3) is 0 Å². The monoisotopic (exact) mass is 332 g/mol. The normalized spacial score (nSPS) is 24.4. The molecule has 0 radical (unpaired) electrons. The van der Waals surface area contributed by atoms with Crippen molar-refractivity contribution in [2.45, 2.75) is 25.4 Å². The molecule has 2 aliphatic rings. The highest BCUT2D eigenvalue weighted by atomic mass is 16.5. The molecule has 2 unspecified atom stereocenters. The first kappa shape index (κ1) is 16.9. The van der Waals surface area contributed by atoms with Gasteiger partial charge in [-0.05, 0) is 37.3 Å². The van der Waals surface area contributed by atoms with Gasteiger partial charge in [0, 0.05) is 44.5 Å². The molecule has 0 bridgehead atoms. The van der Waals surface area contributed by atoms with Crippen LogP contribution in [-0.2, 0) is 4.74 Å². The fourth-order valence-corrected chi connectivity index (χ4v) is 3.33. The zero-order valence-corrected chi connectivity index (χ0v) is 14.4. The van der Waals surface area contributed by atoms with Crippen molar-refractivity contribution in [2.75, 3.05) is 44.8 Å². The van der Waals surface area contributed by atoms with Crippen LogP contribution in [0.25, 0.3) is 0 Å². The van der Waals surface area contributed by atoms with Gasteiger partial charge >= 0.3 is 0 Å². The minimum absolute atomic E-state index is 0.286. The third kappa shape index (κ3) is 4.54. The van der Waals surface area contributed by atoms with Crippen LogP contribution in [0.4, 0.5) is 5.69 Å². The number of rotatable bonds is 6. The van der Waals surface area contributed by atoms with Crippen LogP contribution >= 0.6 is 0 Å². The molecule has 0 spiro atoms. The highest BCUT2D eigenvalue weighted by Crippen LogP contribution is 2.26. The van der Waals surface area contributed by atoms with Gasteiger partial charge in [0.15, 0.2) is 5.96 Å². The van der Waals surface area contributed by atoms with E-state index >= 15 is 0 Å². The van der Waals surface area contributed by atoms with E-state index in [1.165, 1.54) is 5.69 Å². The molecule has 3 rings (SSSR count). The summed E-state index contributed by atoms with van der Waals surface area (Å²) in [5.41, 5.74) is 7.18. The molecule has 2 saturated heterocycles. The molecule has 1 aromatic carbocycles. The van der Waals surface area contributed by atoms with Crippen LogP contribution in [0.3, 0.4) is 0 Å². The van der Waals surface area contributed by atoms with E-state index in [1.807, 2.05) is 12.1 Å². The Bertz CT molecular complexity index is 558. The number of benzene rings is 1. The lowest BCUT2D eigenvalue weighted by Gasteiger charge is -2.19. The average Bonchev–Trinajstić information content (AvgIpc) is 3.30. The van der Waals surface area contributed by atoms with E-state index in [2.05, 4.69) is 27.3 Å². The topological polar surface area (TPSA) is 72.1 Å². The lowest BCUT2D eigenvalue weighted by Crippen LogP contribution is -2.37. The van der Waals surface area contributed by atoms with Crippen molar-refractivity contribution in [1.29, 1.82) is 0 Å². The Morgan fingerprint density at radius 2 is 2.38 bits per heavy atom. The molecule has 0 saturated carbocycles. The fourth-order valence-electron chi connectivity index (χ4n) is 3.33. The number of hydrogen-bond acceptors (Lipinski definition) is 4. The molecule has 3 N–H and O–H groups in total. The first-order valence-corrected chi connectivity index (χ1v) is 8.79. The van der Waals surface area contributed by atoms with Crippen molar-refractivity contribution in [3.05, 3.63) is 24.3 Å². The molecule has 6 heteroatoms. The predicted molar refractivity (Wildman–Crippen MR) is 96.8 cm³/mol. The number of guanidine groups is 1. The SMILES string of the molecule is COc1cccc(N2CCC(CN=C(N)NCC3CCCO3)C2)c1. The van der Waals surface area contributed by atoms with E-state index < -0.39 is 0 Å². The second-order valence-corrected chi connectivity index (χ2v) is 6.54. The van der Waals surface area contributed by atoms with Crippen molar-refractivity contribution < 1.29 is 9.47 Å². The second kappa shape index (κ2) is 8.24.